The fourth-order valence-corrected chi connectivity index (χ4v) is 13.6. The molecular formula is C63H44. The van der Waals surface area contributed by atoms with Crippen molar-refractivity contribution in [2.24, 2.45) is 0 Å². The van der Waals surface area contributed by atoms with E-state index in [1.54, 1.807) is 0 Å². The van der Waals surface area contributed by atoms with Gasteiger partial charge in [0.25, 0.3) is 0 Å². The summed E-state index contributed by atoms with van der Waals surface area (Å²) in [7, 11) is 0. The predicted octanol–water partition coefficient (Wildman–Crippen LogP) is 15.3. The summed E-state index contributed by atoms with van der Waals surface area (Å²) < 4.78 is 0. The maximum Gasteiger partial charge on any atom is 0.0635 e. The summed E-state index contributed by atoms with van der Waals surface area (Å²) in [5, 5.41) is 5.21. The zero-order valence-electron chi connectivity index (χ0n) is 35.7. The van der Waals surface area contributed by atoms with E-state index in [1.807, 2.05) is 0 Å². The van der Waals surface area contributed by atoms with E-state index in [9.17, 15) is 0 Å². The van der Waals surface area contributed by atoms with E-state index in [0.29, 0.717) is 0 Å². The average Bonchev–Trinajstić information content (AvgIpc) is 3.73. The Hall–Kier alpha value is -7.28. The van der Waals surface area contributed by atoms with E-state index in [4.69, 9.17) is 0 Å². The maximum absolute atomic E-state index is 2.69. The van der Waals surface area contributed by atoms with Crippen LogP contribution in [-0.2, 0) is 21.7 Å². The minimum atomic E-state index is -0.708. The van der Waals surface area contributed by atoms with Gasteiger partial charge in [-0.2, -0.15) is 0 Å². The van der Waals surface area contributed by atoms with E-state index < -0.39 is 10.8 Å². The minimum Gasteiger partial charge on any atom is -0.0622 e. The van der Waals surface area contributed by atoms with Gasteiger partial charge in [0.1, 0.15) is 0 Å². The van der Waals surface area contributed by atoms with Crippen LogP contribution in [0.4, 0.5) is 0 Å². The number of benzene rings is 10. The second kappa shape index (κ2) is 12.0. The Bertz CT molecular complexity index is 3550. The fourth-order valence-electron chi connectivity index (χ4n) is 13.6. The average molecular weight is 801 g/mol. The van der Waals surface area contributed by atoms with Crippen LogP contribution in [-0.4, -0.2) is 0 Å². The van der Waals surface area contributed by atoms with Crippen LogP contribution < -0.4 is 0 Å². The molecule has 4 aliphatic rings. The summed E-state index contributed by atoms with van der Waals surface area (Å²) >= 11 is 0. The molecule has 63 heavy (non-hydrogen) atoms. The molecule has 0 saturated carbocycles. The molecule has 0 N–H and O–H groups in total. The predicted molar refractivity (Wildman–Crippen MR) is 261 cm³/mol. The molecule has 0 heteroatoms. The molecule has 296 valence electrons. The highest BCUT2D eigenvalue weighted by atomic mass is 14.6. The molecule has 0 aliphatic heterocycles. The molecule has 14 rings (SSSR count). The van der Waals surface area contributed by atoms with Crippen molar-refractivity contribution in [1.29, 1.82) is 0 Å². The lowest BCUT2D eigenvalue weighted by Crippen LogP contribution is -2.55. The van der Waals surface area contributed by atoms with Crippen LogP contribution in [0.25, 0.3) is 54.9 Å². The van der Waals surface area contributed by atoms with Crippen molar-refractivity contribution in [2.45, 2.75) is 42.4 Å². The molecule has 10 aromatic rings. The first-order valence-corrected chi connectivity index (χ1v) is 22.6. The number of hydrogen-bond acceptors (Lipinski definition) is 0. The molecule has 0 radical (unpaired) electrons. The van der Waals surface area contributed by atoms with Gasteiger partial charge >= 0.3 is 0 Å². The molecule has 10 aromatic carbocycles. The van der Waals surface area contributed by atoms with Gasteiger partial charge in [-0.05, 0) is 135 Å². The topological polar surface area (TPSA) is 0 Å². The summed E-state index contributed by atoms with van der Waals surface area (Å²) in [4.78, 5) is 0. The minimum absolute atomic E-state index is 0.235. The van der Waals surface area contributed by atoms with Crippen molar-refractivity contribution >= 4 is 21.5 Å². The van der Waals surface area contributed by atoms with E-state index in [2.05, 4.69) is 233 Å². The molecule has 0 spiro atoms. The molecule has 0 saturated heterocycles. The summed E-state index contributed by atoms with van der Waals surface area (Å²) in [5.74, 6) is 0. The first kappa shape index (κ1) is 35.3. The molecule has 0 amide bonds. The standard InChI is InChI=1S/C63H44/c1-60(2)52-32-30-39-18-13-15-28-46(39)58(52)50-35-48-49-36-51-55-38-57(49)63(43-24-11-6-12-25-43,62(56(48)37-54(50)60,41-20-7-4-8-21-41)42-22-9-5-10-23-42)45-27-17-26-44(34-45)61(55,3)53-33-31-40-19-14-16-29-47(40)59(51)53/h4-38H,1-3H3. The van der Waals surface area contributed by atoms with Gasteiger partial charge in [0.15, 0.2) is 0 Å². The smallest absolute Gasteiger partial charge is 0.0622 e. The SMILES string of the molecule is CC1(C)c2cc3c(cc2-c2c1ccc1ccccc21)-c1cc2c4cc1C(c1ccccc1)(c1cccc(c1)C4(C)c1ccc4ccccc4c1-2)C3(c1ccccc1)c1ccccc1. The number of rotatable bonds is 3. The molecular weight excluding hydrogens is 757 g/mol. The molecule has 0 heterocycles. The van der Waals surface area contributed by atoms with Crippen molar-refractivity contribution in [3.05, 3.63) is 274 Å². The van der Waals surface area contributed by atoms with Gasteiger partial charge in [-0.25, -0.2) is 0 Å². The van der Waals surface area contributed by atoms with Gasteiger partial charge in [-0.1, -0.05) is 214 Å². The zero-order valence-corrected chi connectivity index (χ0v) is 35.7. The Balaban J connectivity index is 1.26. The van der Waals surface area contributed by atoms with Crippen LogP contribution in [0.3, 0.4) is 0 Å². The van der Waals surface area contributed by atoms with Gasteiger partial charge in [0.05, 0.1) is 10.8 Å². The quantitative estimate of drug-likeness (QED) is 0.167. The third-order valence-electron chi connectivity index (χ3n) is 16.3. The normalized spacial score (nSPS) is 19.7. The Labute approximate surface area is 369 Å². The molecule has 0 aromatic heterocycles. The fraction of sp³-hybridized carbons (Fsp3) is 0.111. The summed E-state index contributed by atoms with van der Waals surface area (Å²) in [6.45, 7) is 7.39. The van der Waals surface area contributed by atoms with Crippen molar-refractivity contribution in [3.63, 3.8) is 0 Å². The lowest BCUT2D eigenvalue weighted by Gasteiger charge is -2.58. The van der Waals surface area contributed by atoms with Crippen molar-refractivity contribution < 1.29 is 0 Å². The Morgan fingerprint density at radius 3 is 1.27 bits per heavy atom. The first-order valence-electron chi connectivity index (χ1n) is 22.6. The number of hydrogen-bond donors (Lipinski definition) is 0. The summed E-state index contributed by atoms with van der Waals surface area (Å²) in [6, 6.07) is 82.5. The van der Waals surface area contributed by atoms with Gasteiger partial charge in [-0.3, -0.25) is 0 Å². The summed E-state index contributed by atoms with van der Waals surface area (Å²) in [6.07, 6.45) is 0. The van der Waals surface area contributed by atoms with Gasteiger partial charge in [0.2, 0.25) is 0 Å². The van der Waals surface area contributed by atoms with Crippen LogP contribution in [0.1, 0.15) is 82.0 Å². The first-order chi connectivity index (χ1) is 30.9. The lowest BCUT2D eigenvalue weighted by molar-refractivity contribution is 0.411. The van der Waals surface area contributed by atoms with E-state index in [-0.39, 0.29) is 10.8 Å². The van der Waals surface area contributed by atoms with Crippen LogP contribution >= 0.6 is 0 Å². The Morgan fingerprint density at radius 1 is 0.270 bits per heavy atom. The highest BCUT2D eigenvalue weighted by molar-refractivity contribution is 6.07. The second-order valence-electron chi connectivity index (χ2n) is 19.2. The largest absolute Gasteiger partial charge is 0.0635 e. The van der Waals surface area contributed by atoms with Crippen LogP contribution in [0.15, 0.2) is 212 Å². The van der Waals surface area contributed by atoms with E-state index >= 15 is 0 Å². The van der Waals surface area contributed by atoms with Gasteiger partial charge in [-0.15, -0.1) is 0 Å². The molecule has 0 fully saturated rings. The molecule has 2 unspecified atom stereocenters. The summed E-state index contributed by atoms with van der Waals surface area (Å²) in [5.41, 5.74) is 20.9. The van der Waals surface area contributed by atoms with E-state index in [0.717, 1.165) is 0 Å². The van der Waals surface area contributed by atoms with Gasteiger partial charge in [0, 0.05) is 10.8 Å². The highest BCUT2D eigenvalue weighted by Gasteiger charge is 2.63. The van der Waals surface area contributed by atoms with Crippen LogP contribution in [0.5, 0.6) is 0 Å². The Kier molecular flexibility index (Phi) is 6.73. The molecule has 4 bridgehead atoms. The van der Waals surface area contributed by atoms with Crippen molar-refractivity contribution in [2.75, 3.05) is 0 Å². The Morgan fingerprint density at radius 2 is 0.698 bits per heavy atom. The third-order valence-corrected chi connectivity index (χ3v) is 16.3. The molecule has 0 nitrogen and oxygen atoms in total. The molecule has 4 aliphatic carbocycles. The number of fused-ring (bicyclic) bond motifs is 16. The molecule has 2 atom stereocenters. The lowest BCUT2D eigenvalue weighted by atomic mass is 9.43. The van der Waals surface area contributed by atoms with Crippen molar-refractivity contribution in [1.82, 2.24) is 0 Å². The maximum atomic E-state index is 2.69. The third kappa shape index (κ3) is 4.05. The van der Waals surface area contributed by atoms with Crippen LogP contribution in [0.2, 0.25) is 0 Å². The highest BCUT2D eigenvalue weighted by Crippen LogP contribution is 2.70. The van der Waals surface area contributed by atoms with Crippen molar-refractivity contribution in [3.8, 4) is 33.4 Å². The van der Waals surface area contributed by atoms with Gasteiger partial charge < -0.3 is 0 Å². The zero-order chi connectivity index (χ0) is 41.9. The monoisotopic (exact) mass is 800 g/mol. The second-order valence-corrected chi connectivity index (χ2v) is 19.2. The van der Waals surface area contributed by atoms with E-state index in [1.165, 1.54) is 116 Å². The van der Waals surface area contributed by atoms with Crippen LogP contribution in [0, 0.1) is 0 Å².